The van der Waals surface area contributed by atoms with Gasteiger partial charge in [0.1, 0.15) is 22.5 Å². The van der Waals surface area contributed by atoms with E-state index in [2.05, 4.69) is 35.5 Å². The van der Waals surface area contributed by atoms with Gasteiger partial charge in [0.05, 0.1) is 93.7 Å². The predicted molar refractivity (Wildman–Crippen MR) is 240 cm³/mol. The summed E-state index contributed by atoms with van der Waals surface area (Å²) in [6.07, 6.45) is 5.72. The van der Waals surface area contributed by atoms with Crippen LogP contribution in [0.3, 0.4) is 0 Å². The van der Waals surface area contributed by atoms with E-state index in [4.69, 9.17) is 40.0 Å². The van der Waals surface area contributed by atoms with E-state index < -0.39 is 0 Å². The number of likely N-dealkylation sites (tertiary alicyclic amines) is 1. The van der Waals surface area contributed by atoms with Gasteiger partial charge >= 0.3 is 0 Å². The number of nitrogens with one attached hydrogen (secondary N) is 2. The van der Waals surface area contributed by atoms with Crippen LogP contribution in [0.15, 0.2) is 60.9 Å². The second-order valence-electron chi connectivity index (χ2n) is 14.9. The average molecular weight is 902 g/mol. The number of ether oxygens (including phenoxy) is 6. The number of pyridine rings is 2. The van der Waals surface area contributed by atoms with Crippen molar-refractivity contribution in [3.63, 3.8) is 0 Å². The van der Waals surface area contributed by atoms with Gasteiger partial charge in [0, 0.05) is 41.9 Å². The highest BCUT2D eigenvalue weighted by atomic mass is 35.5. The minimum absolute atomic E-state index is 0.0985. The smallest absolute Gasteiger partial charge is 0.257 e. The molecule has 62 heavy (non-hydrogen) atoms. The lowest BCUT2D eigenvalue weighted by molar-refractivity contribution is 0.101. The Hall–Kier alpha value is -4.85. The van der Waals surface area contributed by atoms with Crippen LogP contribution in [0.4, 0.5) is 10.3 Å². The van der Waals surface area contributed by atoms with E-state index in [1.165, 1.54) is 35.5 Å². The van der Waals surface area contributed by atoms with Crippen molar-refractivity contribution < 1.29 is 38.0 Å². The summed E-state index contributed by atoms with van der Waals surface area (Å²) in [6.45, 7) is 7.70. The lowest BCUT2D eigenvalue weighted by Crippen LogP contribution is -2.20. The van der Waals surface area contributed by atoms with Crippen LogP contribution < -0.4 is 20.1 Å². The fourth-order valence-electron chi connectivity index (χ4n) is 7.59. The molecular formula is C44H48ClN7O8S2. The third-order valence-corrected chi connectivity index (χ3v) is 13.0. The third-order valence-electron chi connectivity index (χ3n) is 10.7. The molecule has 0 saturated carbocycles. The molecule has 18 heteroatoms. The number of thiazole rings is 2. The quantitative estimate of drug-likeness (QED) is 0.123. The van der Waals surface area contributed by atoms with Crippen LogP contribution in [0, 0.1) is 0 Å². The van der Waals surface area contributed by atoms with E-state index in [0.717, 1.165) is 51.4 Å². The zero-order valence-corrected chi connectivity index (χ0v) is 36.9. The highest BCUT2D eigenvalue weighted by molar-refractivity contribution is 7.23. The van der Waals surface area contributed by atoms with Gasteiger partial charge in [0.25, 0.3) is 11.8 Å². The van der Waals surface area contributed by atoms with Crippen molar-refractivity contribution in [3.8, 4) is 11.5 Å². The van der Waals surface area contributed by atoms with E-state index >= 15 is 0 Å². The number of fused-ring (bicyclic) bond motifs is 2. The minimum atomic E-state index is -0.264. The van der Waals surface area contributed by atoms with Crippen molar-refractivity contribution in [2.75, 3.05) is 90.8 Å². The van der Waals surface area contributed by atoms with Crippen molar-refractivity contribution in [1.82, 2.24) is 24.8 Å². The fraction of sp³-hybridized carbons (Fsp3) is 0.409. The number of halogens is 1. The number of carbonyl (C=O) groups is 2. The summed E-state index contributed by atoms with van der Waals surface area (Å²) in [7, 11) is 3.23. The SMILES string of the molecule is COc1ccc(C2COCCOC2)c2sc(NC(=O)c3ccnc(CCl)c3)nc12.COc1ccc(C2COCCOC2)c2sc(NC(=O)c3ccnc(CN4CCCC4)c3)nc12. The molecule has 0 bridgehead atoms. The number of carbonyl (C=O) groups excluding carboxylic acids is 2. The highest BCUT2D eigenvalue weighted by Gasteiger charge is 2.25. The molecule has 15 nitrogen and oxygen atoms in total. The Labute approximate surface area is 372 Å². The van der Waals surface area contributed by atoms with Crippen LogP contribution in [0.5, 0.6) is 11.5 Å². The van der Waals surface area contributed by atoms with Gasteiger partial charge in [0.2, 0.25) is 0 Å². The number of methoxy groups -OCH3 is 2. The summed E-state index contributed by atoms with van der Waals surface area (Å²) < 4.78 is 35.7. The van der Waals surface area contributed by atoms with Crippen molar-refractivity contribution >= 4 is 76.8 Å². The van der Waals surface area contributed by atoms with Crippen LogP contribution >= 0.6 is 34.3 Å². The summed E-state index contributed by atoms with van der Waals surface area (Å²) in [5, 5.41) is 6.88. The number of anilines is 2. The van der Waals surface area contributed by atoms with E-state index in [0.29, 0.717) is 97.0 Å². The number of aromatic nitrogens is 4. The van der Waals surface area contributed by atoms with Crippen LogP contribution in [-0.2, 0) is 31.4 Å². The monoisotopic (exact) mass is 901 g/mol. The van der Waals surface area contributed by atoms with E-state index in [1.54, 1.807) is 44.8 Å². The topological polar surface area (TPSA) is 168 Å². The van der Waals surface area contributed by atoms with Gasteiger partial charge in [-0.2, -0.15) is 0 Å². The van der Waals surface area contributed by atoms with E-state index in [9.17, 15) is 9.59 Å². The number of benzene rings is 2. The first-order valence-corrected chi connectivity index (χ1v) is 22.6. The molecule has 7 heterocycles. The summed E-state index contributed by atoms with van der Waals surface area (Å²) in [4.78, 5) is 45.9. The zero-order valence-electron chi connectivity index (χ0n) is 34.5. The Kier molecular flexibility index (Phi) is 14.8. The van der Waals surface area contributed by atoms with Crippen LogP contribution in [0.2, 0.25) is 0 Å². The number of hydrogen-bond donors (Lipinski definition) is 2. The van der Waals surface area contributed by atoms with E-state index in [-0.39, 0.29) is 29.5 Å². The first-order valence-electron chi connectivity index (χ1n) is 20.5. The highest BCUT2D eigenvalue weighted by Crippen LogP contribution is 2.40. The lowest BCUT2D eigenvalue weighted by Gasteiger charge is -2.15. The lowest BCUT2D eigenvalue weighted by atomic mass is 10.0. The van der Waals surface area contributed by atoms with Gasteiger partial charge in [-0.25, -0.2) is 9.97 Å². The molecule has 3 saturated heterocycles. The van der Waals surface area contributed by atoms with Gasteiger partial charge in [-0.3, -0.25) is 35.1 Å². The van der Waals surface area contributed by atoms with Crippen LogP contribution in [-0.4, -0.2) is 117 Å². The Morgan fingerprint density at radius 1 is 0.694 bits per heavy atom. The first-order chi connectivity index (χ1) is 30.4. The maximum atomic E-state index is 13.0. The molecule has 0 spiro atoms. The van der Waals surface area contributed by atoms with Crippen molar-refractivity contribution in [2.45, 2.75) is 37.1 Å². The molecule has 0 aliphatic carbocycles. The average Bonchev–Trinajstić information content (AvgIpc) is 3.95. The number of nitrogens with zero attached hydrogens (tertiary/aromatic N) is 5. The molecule has 9 rings (SSSR count). The molecule has 0 radical (unpaired) electrons. The predicted octanol–water partition coefficient (Wildman–Crippen LogP) is 7.50. The molecule has 6 aromatic rings. The van der Waals surface area contributed by atoms with Gasteiger partial charge in [-0.1, -0.05) is 34.8 Å². The molecule has 3 aliphatic heterocycles. The molecule has 326 valence electrons. The van der Waals surface area contributed by atoms with Crippen molar-refractivity contribution in [2.24, 2.45) is 0 Å². The van der Waals surface area contributed by atoms with Crippen molar-refractivity contribution in [1.29, 1.82) is 0 Å². The van der Waals surface area contributed by atoms with Crippen LogP contribution in [0.1, 0.15) is 67.9 Å². The molecule has 2 amide bonds. The Morgan fingerprint density at radius 2 is 1.15 bits per heavy atom. The fourth-order valence-corrected chi connectivity index (χ4v) is 9.87. The van der Waals surface area contributed by atoms with Gasteiger partial charge in [0.15, 0.2) is 10.3 Å². The molecule has 0 unspecified atom stereocenters. The largest absolute Gasteiger partial charge is 0.494 e. The first kappa shape index (κ1) is 43.8. The molecule has 4 aromatic heterocycles. The normalized spacial score (nSPS) is 16.6. The summed E-state index contributed by atoms with van der Waals surface area (Å²) in [5.41, 5.74) is 6.24. The Bertz CT molecular complexity index is 2480. The summed E-state index contributed by atoms with van der Waals surface area (Å²) >= 11 is 8.67. The van der Waals surface area contributed by atoms with Crippen molar-refractivity contribution in [3.05, 3.63) is 94.6 Å². The maximum Gasteiger partial charge on any atom is 0.257 e. The number of rotatable bonds is 11. The summed E-state index contributed by atoms with van der Waals surface area (Å²) in [5.74, 6) is 1.33. The van der Waals surface area contributed by atoms with Gasteiger partial charge in [-0.05, 0) is 73.5 Å². The third kappa shape index (κ3) is 10.5. The molecule has 0 atom stereocenters. The number of hydrogen-bond acceptors (Lipinski definition) is 15. The minimum Gasteiger partial charge on any atom is -0.494 e. The molecule has 3 fully saturated rings. The molecular weight excluding hydrogens is 854 g/mol. The number of amides is 2. The maximum absolute atomic E-state index is 13.0. The standard InChI is InChI=1S/C24H28N4O4S.C20H20ClN3O4S/c1-30-20-5-4-19(17-14-31-10-11-32-15-17)22-21(20)26-24(33-22)27-23(29)16-6-7-25-18(12-16)13-28-8-2-3-9-28;1-26-16-3-2-15(13-10-27-6-7-28-11-13)18-17(16)23-20(29-18)24-19(25)12-4-5-22-14(8-12)9-21/h4-7,12,17H,2-3,8-11,13-15H2,1H3,(H,26,27,29);2-5,8,13H,6-7,9-11H2,1H3,(H,23,24,25). The molecule has 3 aliphatic rings. The Balaban J connectivity index is 0.000000172. The molecule has 2 N–H and O–H groups in total. The second kappa shape index (κ2) is 21.0. The van der Waals surface area contributed by atoms with E-state index in [1.807, 2.05) is 30.3 Å². The van der Waals surface area contributed by atoms with Gasteiger partial charge < -0.3 is 28.4 Å². The number of alkyl halides is 1. The zero-order chi connectivity index (χ0) is 42.8. The Morgan fingerprint density at radius 3 is 1.60 bits per heavy atom. The van der Waals surface area contributed by atoms with Crippen LogP contribution in [0.25, 0.3) is 20.4 Å². The molecule has 2 aromatic carbocycles. The van der Waals surface area contributed by atoms with Gasteiger partial charge in [-0.15, -0.1) is 11.6 Å². The summed E-state index contributed by atoms with van der Waals surface area (Å²) in [6, 6.07) is 14.8. The second-order valence-corrected chi connectivity index (χ2v) is 17.2.